The Morgan fingerprint density at radius 2 is 2.04 bits per heavy atom. The molecule has 1 aromatic heterocycles. The highest BCUT2D eigenvalue weighted by Crippen LogP contribution is 2.20. The van der Waals surface area contributed by atoms with Gasteiger partial charge in [-0.2, -0.15) is 0 Å². The number of amidine groups is 1. The summed E-state index contributed by atoms with van der Waals surface area (Å²) in [5, 5.41) is 15.3. The Balaban J connectivity index is 2.20. The van der Waals surface area contributed by atoms with Crippen LogP contribution in [0.4, 0.5) is 5.82 Å². The highest BCUT2D eigenvalue weighted by Gasteiger charge is 2.11. The van der Waals surface area contributed by atoms with Crippen LogP contribution in [0, 0.1) is 6.92 Å². The molecule has 0 saturated heterocycles. The minimum absolute atomic E-state index is 0.0754. The van der Waals surface area contributed by atoms with Gasteiger partial charge in [-0.25, -0.2) is 4.98 Å². The van der Waals surface area contributed by atoms with Gasteiger partial charge in [0, 0.05) is 12.1 Å². The summed E-state index contributed by atoms with van der Waals surface area (Å²) < 4.78 is 5.15. The number of hydrogen-bond donors (Lipinski definition) is 3. The van der Waals surface area contributed by atoms with E-state index < -0.39 is 0 Å². The first-order valence-electron chi connectivity index (χ1n) is 7.44. The number of nitrogens with two attached hydrogens (primary N) is 1. The van der Waals surface area contributed by atoms with Crippen molar-refractivity contribution in [3.05, 3.63) is 52.7 Å². The second-order valence-electron chi connectivity index (χ2n) is 5.17. The van der Waals surface area contributed by atoms with E-state index in [4.69, 9.17) is 15.7 Å². The number of nitrogens with zero attached hydrogens (tertiary/aromatic N) is 2. The standard InChI is InChI=1S/C17H22N4O2/c1-4-13-9-15(16(18)21-22)11(2)20-17(13)19-10-12-5-7-14(23-3)8-6-12/h5-9,22H,4,10H2,1-3H3,(H2,18,21)(H,19,20). The van der Waals surface area contributed by atoms with Gasteiger partial charge in [0.25, 0.3) is 0 Å². The number of ether oxygens (including phenoxy) is 1. The molecule has 4 N–H and O–H groups in total. The number of hydrogen-bond acceptors (Lipinski definition) is 5. The van der Waals surface area contributed by atoms with Gasteiger partial charge in [0.15, 0.2) is 5.84 Å². The Morgan fingerprint density at radius 3 is 2.61 bits per heavy atom. The van der Waals surface area contributed by atoms with E-state index in [0.29, 0.717) is 12.1 Å². The molecule has 23 heavy (non-hydrogen) atoms. The fraction of sp³-hybridized carbons (Fsp3) is 0.294. The number of methoxy groups -OCH3 is 1. The zero-order valence-corrected chi connectivity index (χ0v) is 13.6. The largest absolute Gasteiger partial charge is 0.497 e. The Morgan fingerprint density at radius 1 is 1.35 bits per heavy atom. The lowest BCUT2D eigenvalue weighted by atomic mass is 10.1. The van der Waals surface area contributed by atoms with Crippen LogP contribution in [-0.2, 0) is 13.0 Å². The summed E-state index contributed by atoms with van der Waals surface area (Å²) in [6.07, 6.45) is 0.796. The van der Waals surface area contributed by atoms with Gasteiger partial charge in [-0.3, -0.25) is 0 Å². The maximum atomic E-state index is 8.85. The zero-order chi connectivity index (χ0) is 16.8. The number of aryl methyl sites for hydroxylation is 2. The first-order chi connectivity index (χ1) is 11.1. The molecule has 1 aromatic carbocycles. The van der Waals surface area contributed by atoms with Crippen LogP contribution in [0.25, 0.3) is 0 Å². The van der Waals surface area contributed by atoms with E-state index in [1.165, 1.54) is 0 Å². The molecule has 6 heteroatoms. The summed E-state index contributed by atoms with van der Waals surface area (Å²) in [5.41, 5.74) is 9.21. The van der Waals surface area contributed by atoms with Crippen molar-refractivity contribution in [2.75, 3.05) is 12.4 Å². The van der Waals surface area contributed by atoms with Gasteiger partial charge in [-0.15, -0.1) is 0 Å². The third-order valence-electron chi connectivity index (χ3n) is 3.68. The number of benzene rings is 1. The Hall–Kier alpha value is -2.76. The molecule has 2 rings (SSSR count). The Kier molecular flexibility index (Phi) is 5.41. The molecule has 0 bridgehead atoms. The van der Waals surface area contributed by atoms with E-state index in [1.807, 2.05) is 44.2 Å². The zero-order valence-electron chi connectivity index (χ0n) is 13.6. The number of pyridine rings is 1. The summed E-state index contributed by atoms with van der Waals surface area (Å²) in [7, 11) is 1.65. The van der Waals surface area contributed by atoms with Crippen molar-refractivity contribution >= 4 is 11.7 Å². The van der Waals surface area contributed by atoms with Crippen LogP contribution in [-0.4, -0.2) is 23.1 Å². The topological polar surface area (TPSA) is 92.8 Å². The molecule has 0 amide bonds. The van der Waals surface area contributed by atoms with E-state index >= 15 is 0 Å². The normalized spacial score (nSPS) is 11.3. The van der Waals surface area contributed by atoms with Crippen LogP contribution in [0.3, 0.4) is 0 Å². The van der Waals surface area contributed by atoms with Crippen molar-refractivity contribution in [3.63, 3.8) is 0 Å². The number of oxime groups is 1. The van der Waals surface area contributed by atoms with E-state index in [2.05, 4.69) is 15.5 Å². The Bertz CT molecular complexity index is 696. The van der Waals surface area contributed by atoms with Crippen LogP contribution in [0.2, 0.25) is 0 Å². The molecule has 6 nitrogen and oxygen atoms in total. The van der Waals surface area contributed by atoms with Crippen molar-refractivity contribution in [2.24, 2.45) is 10.9 Å². The van der Waals surface area contributed by atoms with Gasteiger partial charge in [0.2, 0.25) is 0 Å². The third-order valence-corrected chi connectivity index (χ3v) is 3.68. The SMILES string of the molecule is CCc1cc(/C(N)=N/O)c(C)nc1NCc1ccc(OC)cc1. The van der Waals surface area contributed by atoms with Crippen molar-refractivity contribution in [2.45, 2.75) is 26.8 Å². The lowest BCUT2D eigenvalue weighted by Gasteiger charge is -2.14. The number of aromatic nitrogens is 1. The maximum absolute atomic E-state index is 8.85. The molecule has 2 aromatic rings. The first-order valence-corrected chi connectivity index (χ1v) is 7.44. The van der Waals surface area contributed by atoms with Gasteiger partial charge in [0.05, 0.1) is 12.8 Å². The molecule has 0 saturated carbocycles. The fourth-order valence-corrected chi connectivity index (χ4v) is 2.31. The summed E-state index contributed by atoms with van der Waals surface area (Å²) in [5.74, 6) is 1.72. The summed E-state index contributed by atoms with van der Waals surface area (Å²) in [4.78, 5) is 4.55. The summed E-state index contributed by atoms with van der Waals surface area (Å²) in [6, 6.07) is 9.79. The van der Waals surface area contributed by atoms with Crippen LogP contribution in [0.5, 0.6) is 5.75 Å². The smallest absolute Gasteiger partial charge is 0.171 e. The van der Waals surface area contributed by atoms with Crippen LogP contribution in [0.1, 0.15) is 29.3 Å². The lowest BCUT2D eigenvalue weighted by molar-refractivity contribution is 0.318. The molecule has 0 radical (unpaired) electrons. The molecule has 0 aliphatic rings. The van der Waals surface area contributed by atoms with Crippen molar-refractivity contribution in [1.29, 1.82) is 0 Å². The van der Waals surface area contributed by atoms with Gasteiger partial charge in [-0.1, -0.05) is 24.2 Å². The van der Waals surface area contributed by atoms with Crippen molar-refractivity contribution in [1.82, 2.24) is 4.98 Å². The minimum Gasteiger partial charge on any atom is -0.497 e. The molecule has 0 aliphatic carbocycles. The molecular weight excluding hydrogens is 292 g/mol. The van der Waals surface area contributed by atoms with E-state index in [0.717, 1.165) is 34.8 Å². The van der Waals surface area contributed by atoms with Crippen molar-refractivity contribution < 1.29 is 9.94 Å². The first kappa shape index (κ1) is 16.6. The maximum Gasteiger partial charge on any atom is 0.171 e. The van der Waals surface area contributed by atoms with E-state index in [1.54, 1.807) is 7.11 Å². The summed E-state index contributed by atoms with van der Waals surface area (Å²) >= 11 is 0. The molecular formula is C17H22N4O2. The number of rotatable bonds is 6. The average Bonchev–Trinajstić information content (AvgIpc) is 2.59. The highest BCUT2D eigenvalue weighted by molar-refractivity contribution is 5.98. The average molecular weight is 314 g/mol. The van der Waals surface area contributed by atoms with Gasteiger partial charge in [0.1, 0.15) is 11.6 Å². The third kappa shape index (κ3) is 3.91. The fourth-order valence-electron chi connectivity index (χ4n) is 2.31. The van der Waals surface area contributed by atoms with E-state index in [9.17, 15) is 0 Å². The van der Waals surface area contributed by atoms with Crippen LogP contribution in [0.15, 0.2) is 35.5 Å². The predicted molar refractivity (Wildman–Crippen MR) is 91.2 cm³/mol. The minimum atomic E-state index is 0.0754. The highest BCUT2D eigenvalue weighted by atomic mass is 16.5. The number of nitrogens with one attached hydrogen (secondary N) is 1. The molecule has 0 fully saturated rings. The molecule has 122 valence electrons. The molecule has 1 heterocycles. The molecule has 0 spiro atoms. The number of anilines is 1. The van der Waals surface area contributed by atoms with Crippen LogP contribution < -0.4 is 15.8 Å². The van der Waals surface area contributed by atoms with Crippen molar-refractivity contribution in [3.8, 4) is 5.75 Å². The predicted octanol–water partition coefficient (Wildman–Crippen LogP) is 2.67. The molecule has 0 aliphatic heterocycles. The van der Waals surface area contributed by atoms with Gasteiger partial charge in [-0.05, 0) is 42.7 Å². The molecule has 0 unspecified atom stereocenters. The van der Waals surface area contributed by atoms with Gasteiger partial charge >= 0.3 is 0 Å². The monoisotopic (exact) mass is 314 g/mol. The second-order valence-corrected chi connectivity index (χ2v) is 5.17. The Labute approximate surface area is 136 Å². The summed E-state index contributed by atoms with van der Waals surface area (Å²) in [6.45, 7) is 4.54. The molecule has 0 atom stereocenters. The van der Waals surface area contributed by atoms with Gasteiger partial charge < -0.3 is 21.0 Å². The quantitative estimate of drug-likeness (QED) is 0.330. The second kappa shape index (κ2) is 7.49. The lowest BCUT2D eigenvalue weighted by Crippen LogP contribution is -2.17. The van der Waals surface area contributed by atoms with Crippen LogP contribution >= 0.6 is 0 Å². The van der Waals surface area contributed by atoms with E-state index in [-0.39, 0.29) is 5.84 Å².